The Morgan fingerprint density at radius 1 is 1.56 bits per heavy atom. The molecule has 0 unspecified atom stereocenters. The van der Waals surface area contributed by atoms with Crippen molar-refractivity contribution < 1.29 is 9.53 Å². The maximum Gasteiger partial charge on any atom is 0.221 e. The van der Waals surface area contributed by atoms with Gasteiger partial charge in [-0.3, -0.25) is 4.79 Å². The van der Waals surface area contributed by atoms with Gasteiger partial charge in [-0.05, 0) is 25.1 Å². The molecule has 0 heterocycles. The first-order chi connectivity index (χ1) is 8.62. The molecule has 0 spiro atoms. The van der Waals surface area contributed by atoms with Crippen LogP contribution in [0.2, 0.25) is 0 Å². The number of carbonyl (C=O) groups excluding carboxylic acids is 1. The minimum absolute atomic E-state index is 0.0853. The minimum Gasteiger partial charge on any atom is -0.495 e. The molecule has 98 valence electrons. The Kier molecular flexibility index (Phi) is 5.24. The van der Waals surface area contributed by atoms with Gasteiger partial charge in [-0.15, -0.1) is 6.58 Å². The third-order valence-corrected chi connectivity index (χ3v) is 2.57. The number of ether oxygens (including phenoxy) is 1. The summed E-state index contributed by atoms with van der Waals surface area (Å²) in [5, 5.41) is 2.77. The zero-order valence-electron chi connectivity index (χ0n) is 11.2. The maximum atomic E-state index is 11.1. The van der Waals surface area contributed by atoms with Gasteiger partial charge in [-0.1, -0.05) is 6.08 Å². The van der Waals surface area contributed by atoms with Gasteiger partial charge in [0.15, 0.2) is 0 Å². The fraction of sp³-hybridized carbons (Fsp3) is 0.357. The Bertz CT molecular complexity index is 430. The predicted molar refractivity (Wildman–Crippen MR) is 75.4 cm³/mol. The molecule has 0 bridgehead atoms. The predicted octanol–water partition coefficient (Wildman–Crippen LogP) is 2.67. The van der Waals surface area contributed by atoms with E-state index in [9.17, 15) is 4.79 Å². The summed E-state index contributed by atoms with van der Waals surface area (Å²) in [6, 6.07) is 5.59. The molecule has 1 amide bonds. The van der Waals surface area contributed by atoms with E-state index in [0.29, 0.717) is 0 Å². The number of likely N-dealkylation sites (N-methyl/N-ethyl adjacent to an activating group) is 1. The van der Waals surface area contributed by atoms with E-state index >= 15 is 0 Å². The standard InChI is InChI=1S/C14H20N2O2/c1-5-9-16(6-2)13-10-12(15-11(3)17)7-8-14(13)18-4/h5,7-8,10H,1,6,9H2,2-4H3,(H,15,17). The molecule has 0 atom stereocenters. The fourth-order valence-corrected chi connectivity index (χ4v) is 1.77. The Morgan fingerprint density at radius 2 is 2.28 bits per heavy atom. The molecule has 18 heavy (non-hydrogen) atoms. The largest absolute Gasteiger partial charge is 0.495 e. The Labute approximate surface area is 108 Å². The lowest BCUT2D eigenvalue weighted by Gasteiger charge is -2.24. The van der Waals surface area contributed by atoms with Gasteiger partial charge >= 0.3 is 0 Å². The molecular weight excluding hydrogens is 228 g/mol. The van der Waals surface area contributed by atoms with E-state index in [4.69, 9.17) is 4.74 Å². The van der Waals surface area contributed by atoms with Crippen LogP contribution in [0.1, 0.15) is 13.8 Å². The molecular formula is C14H20N2O2. The number of rotatable bonds is 6. The second kappa shape index (κ2) is 6.69. The first-order valence-electron chi connectivity index (χ1n) is 5.93. The van der Waals surface area contributed by atoms with E-state index in [1.807, 2.05) is 24.3 Å². The molecule has 0 radical (unpaired) electrons. The van der Waals surface area contributed by atoms with Crippen LogP contribution < -0.4 is 15.0 Å². The zero-order chi connectivity index (χ0) is 13.5. The average molecular weight is 248 g/mol. The van der Waals surface area contributed by atoms with E-state index in [0.717, 1.165) is 30.2 Å². The van der Waals surface area contributed by atoms with Crippen molar-refractivity contribution in [3.05, 3.63) is 30.9 Å². The van der Waals surface area contributed by atoms with Crippen LogP contribution in [-0.2, 0) is 4.79 Å². The normalized spacial score (nSPS) is 9.72. The van der Waals surface area contributed by atoms with Crippen LogP contribution in [0.25, 0.3) is 0 Å². The molecule has 4 heteroatoms. The van der Waals surface area contributed by atoms with Gasteiger partial charge in [0.05, 0.1) is 12.8 Å². The Balaban J connectivity index is 3.11. The summed E-state index contributed by atoms with van der Waals surface area (Å²) in [6.45, 7) is 8.87. The number of nitrogens with one attached hydrogen (secondary N) is 1. The summed E-state index contributed by atoms with van der Waals surface area (Å²) in [5.41, 5.74) is 1.71. The molecule has 0 aliphatic rings. The van der Waals surface area contributed by atoms with Crippen molar-refractivity contribution >= 4 is 17.3 Å². The number of methoxy groups -OCH3 is 1. The summed E-state index contributed by atoms with van der Waals surface area (Å²) in [6.07, 6.45) is 1.84. The number of hydrogen-bond donors (Lipinski definition) is 1. The SMILES string of the molecule is C=CCN(CC)c1cc(NC(C)=O)ccc1OC. The van der Waals surface area contributed by atoms with Crippen molar-refractivity contribution in [3.8, 4) is 5.75 Å². The number of nitrogens with zero attached hydrogens (tertiary/aromatic N) is 1. The van der Waals surface area contributed by atoms with E-state index in [-0.39, 0.29) is 5.91 Å². The van der Waals surface area contributed by atoms with Crippen LogP contribution >= 0.6 is 0 Å². The molecule has 0 fully saturated rings. The lowest BCUT2D eigenvalue weighted by atomic mass is 10.2. The van der Waals surface area contributed by atoms with Crippen LogP contribution in [0.3, 0.4) is 0 Å². The maximum absolute atomic E-state index is 11.1. The van der Waals surface area contributed by atoms with Gasteiger partial charge in [0, 0.05) is 25.7 Å². The number of carbonyl (C=O) groups is 1. The fourth-order valence-electron chi connectivity index (χ4n) is 1.77. The van der Waals surface area contributed by atoms with Gasteiger partial charge < -0.3 is 15.0 Å². The van der Waals surface area contributed by atoms with Crippen LogP contribution in [0.4, 0.5) is 11.4 Å². The highest BCUT2D eigenvalue weighted by atomic mass is 16.5. The molecule has 1 rings (SSSR count). The first kappa shape index (κ1) is 14.1. The zero-order valence-corrected chi connectivity index (χ0v) is 11.2. The van der Waals surface area contributed by atoms with Gasteiger partial charge in [0.25, 0.3) is 0 Å². The molecule has 0 aliphatic heterocycles. The van der Waals surface area contributed by atoms with Crippen LogP contribution in [0, 0.1) is 0 Å². The molecule has 0 saturated heterocycles. The van der Waals surface area contributed by atoms with Gasteiger partial charge in [-0.2, -0.15) is 0 Å². The molecule has 1 N–H and O–H groups in total. The van der Waals surface area contributed by atoms with Crippen LogP contribution in [0.5, 0.6) is 5.75 Å². The molecule has 4 nitrogen and oxygen atoms in total. The van der Waals surface area contributed by atoms with Crippen molar-refractivity contribution in [2.45, 2.75) is 13.8 Å². The van der Waals surface area contributed by atoms with E-state index < -0.39 is 0 Å². The molecule has 0 saturated carbocycles. The Hall–Kier alpha value is -1.97. The molecule has 0 aliphatic carbocycles. The van der Waals surface area contributed by atoms with Crippen molar-refractivity contribution in [2.24, 2.45) is 0 Å². The molecule has 1 aromatic rings. The smallest absolute Gasteiger partial charge is 0.221 e. The van der Waals surface area contributed by atoms with Gasteiger partial charge in [-0.25, -0.2) is 0 Å². The number of benzene rings is 1. The highest BCUT2D eigenvalue weighted by Crippen LogP contribution is 2.31. The van der Waals surface area contributed by atoms with Crippen molar-refractivity contribution in [3.63, 3.8) is 0 Å². The second-order valence-electron chi connectivity index (χ2n) is 3.90. The quantitative estimate of drug-likeness (QED) is 0.787. The second-order valence-corrected chi connectivity index (χ2v) is 3.90. The lowest BCUT2D eigenvalue weighted by molar-refractivity contribution is -0.114. The third kappa shape index (κ3) is 3.52. The van der Waals surface area contributed by atoms with E-state index in [2.05, 4.69) is 23.7 Å². The lowest BCUT2D eigenvalue weighted by Crippen LogP contribution is -2.23. The van der Waals surface area contributed by atoms with Gasteiger partial charge in [0.1, 0.15) is 5.75 Å². The number of anilines is 2. The monoisotopic (exact) mass is 248 g/mol. The summed E-state index contributed by atoms with van der Waals surface area (Å²) in [5.74, 6) is 0.700. The van der Waals surface area contributed by atoms with Crippen molar-refractivity contribution in [1.82, 2.24) is 0 Å². The molecule has 0 aromatic heterocycles. The highest BCUT2D eigenvalue weighted by molar-refractivity contribution is 5.89. The topological polar surface area (TPSA) is 41.6 Å². The Morgan fingerprint density at radius 3 is 2.78 bits per heavy atom. The molecule has 1 aromatic carbocycles. The third-order valence-electron chi connectivity index (χ3n) is 2.57. The summed E-state index contributed by atoms with van der Waals surface area (Å²) in [7, 11) is 1.64. The average Bonchev–Trinajstić information content (AvgIpc) is 2.35. The van der Waals surface area contributed by atoms with E-state index in [1.165, 1.54) is 6.92 Å². The summed E-state index contributed by atoms with van der Waals surface area (Å²) in [4.78, 5) is 13.2. The van der Waals surface area contributed by atoms with E-state index in [1.54, 1.807) is 7.11 Å². The number of hydrogen-bond acceptors (Lipinski definition) is 3. The first-order valence-corrected chi connectivity index (χ1v) is 5.93. The summed E-state index contributed by atoms with van der Waals surface area (Å²) < 4.78 is 5.35. The minimum atomic E-state index is -0.0853. The number of amides is 1. The van der Waals surface area contributed by atoms with Gasteiger partial charge in [0.2, 0.25) is 5.91 Å². The van der Waals surface area contributed by atoms with Crippen LogP contribution in [-0.4, -0.2) is 26.1 Å². The van der Waals surface area contributed by atoms with Crippen molar-refractivity contribution in [1.29, 1.82) is 0 Å². The van der Waals surface area contributed by atoms with Crippen molar-refractivity contribution in [2.75, 3.05) is 30.4 Å². The summed E-state index contributed by atoms with van der Waals surface area (Å²) >= 11 is 0. The van der Waals surface area contributed by atoms with Crippen LogP contribution in [0.15, 0.2) is 30.9 Å². The highest BCUT2D eigenvalue weighted by Gasteiger charge is 2.10.